The van der Waals surface area contributed by atoms with Gasteiger partial charge in [0.25, 0.3) is 0 Å². The van der Waals surface area contributed by atoms with Crippen LogP contribution < -0.4 is 0 Å². The summed E-state index contributed by atoms with van der Waals surface area (Å²) in [5, 5.41) is 10.0. The molecular formula is C16H10BrF3O. The van der Waals surface area contributed by atoms with Crippen molar-refractivity contribution < 1.29 is 18.3 Å². The Labute approximate surface area is 128 Å². The van der Waals surface area contributed by atoms with Crippen molar-refractivity contribution in [3.8, 4) is 11.8 Å². The Bertz CT molecular complexity index is 669. The fourth-order valence-corrected chi connectivity index (χ4v) is 1.95. The lowest BCUT2D eigenvalue weighted by Gasteiger charge is -2.25. The molecule has 0 spiro atoms. The van der Waals surface area contributed by atoms with Crippen molar-refractivity contribution in [3.63, 3.8) is 0 Å². The number of aliphatic hydroxyl groups is 1. The lowest BCUT2D eigenvalue weighted by molar-refractivity contribution is -0.240. The molecule has 1 unspecified atom stereocenters. The molecule has 0 saturated heterocycles. The highest BCUT2D eigenvalue weighted by molar-refractivity contribution is 9.10. The third-order valence-corrected chi connectivity index (χ3v) is 3.36. The minimum atomic E-state index is -4.89. The van der Waals surface area contributed by atoms with E-state index in [0.717, 1.165) is 4.47 Å². The maximum atomic E-state index is 13.2. The van der Waals surface area contributed by atoms with E-state index >= 15 is 0 Å². The van der Waals surface area contributed by atoms with Gasteiger partial charge in [-0.15, -0.1) is 0 Å². The Kier molecular flexibility index (Phi) is 4.40. The molecule has 1 atom stereocenters. The maximum absolute atomic E-state index is 13.2. The fraction of sp³-hybridized carbons (Fsp3) is 0.125. The summed E-state index contributed by atoms with van der Waals surface area (Å²) in [5.41, 5.74) is -3.11. The van der Waals surface area contributed by atoms with Crippen LogP contribution in [0.1, 0.15) is 11.1 Å². The molecule has 0 saturated carbocycles. The molecule has 108 valence electrons. The van der Waals surface area contributed by atoms with Crippen molar-refractivity contribution in [2.24, 2.45) is 0 Å². The summed E-state index contributed by atoms with van der Waals surface area (Å²) in [4.78, 5) is 0. The summed E-state index contributed by atoms with van der Waals surface area (Å²) >= 11 is 3.23. The predicted octanol–water partition coefficient (Wildman–Crippen LogP) is 4.25. The van der Waals surface area contributed by atoms with Gasteiger partial charge >= 0.3 is 6.18 Å². The first-order valence-corrected chi connectivity index (χ1v) is 6.75. The minimum absolute atomic E-state index is 0.304. The van der Waals surface area contributed by atoms with Gasteiger partial charge in [-0.25, -0.2) is 0 Å². The van der Waals surface area contributed by atoms with Crippen LogP contribution in [0.3, 0.4) is 0 Å². The second kappa shape index (κ2) is 5.92. The Hall–Kier alpha value is -1.77. The largest absolute Gasteiger partial charge is 0.433 e. The molecule has 2 aromatic rings. The van der Waals surface area contributed by atoms with Crippen LogP contribution in [0, 0.1) is 11.8 Å². The van der Waals surface area contributed by atoms with Crippen LogP contribution in [0.4, 0.5) is 13.2 Å². The Balaban J connectivity index is 2.46. The van der Waals surface area contributed by atoms with E-state index in [4.69, 9.17) is 0 Å². The molecule has 0 aliphatic heterocycles. The minimum Gasteiger partial charge on any atom is -0.366 e. The molecular weight excluding hydrogens is 345 g/mol. The molecule has 5 heteroatoms. The van der Waals surface area contributed by atoms with E-state index in [2.05, 4.69) is 21.9 Å². The van der Waals surface area contributed by atoms with Gasteiger partial charge in [-0.1, -0.05) is 52.2 Å². The average molecular weight is 355 g/mol. The number of rotatable bonds is 1. The zero-order valence-electron chi connectivity index (χ0n) is 10.7. The van der Waals surface area contributed by atoms with Gasteiger partial charge in [0.05, 0.1) is 0 Å². The highest BCUT2D eigenvalue weighted by atomic mass is 79.9. The van der Waals surface area contributed by atoms with Crippen LogP contribution in [0.5, 0.6) is 0 Å². The number of halogens is 4. The average Bonchev–Trinajstić information content (AvgIpc) is 2.46. The highest BCUT2D eigenvalue weighted by Gasteiger charge is 2.54. The molecule has 0 heterocycles. The summed E-state index contributed by atoms with van der Waals surface area (Å²) in [5.74, 6) is 4.33. The van der Waals surface area contributed by atoms with Crippen LogP contribution in [0.15, 0.2) is 59.1 Å². The third kappa shape index (κ3) is 3.46. The predicted molar refractivity (Wildman–Crippen MR) is 77.4 cm³/mol. The molecule has 21 heavy (non-hydrogen) atoms. The maximum Gasteiger partial charge on any atom is 0.433 e. The van der Waals surface area contributed by atoms with E-state index in [-0.39, 0.29) is 5.56 Å². The van der Waals surface area contributed by atoms with Crippen molar-refractivity contribution >= 4 is 15.9 Å². The van der Waals surface area contributed by atoms with Crippen molar-refractivity contribution in [3.05, 3.63) is 70.2 Å². The SMILES string of the molecule is OC(C#Cc1ccc(Br)cc1)(c1ccccc1)C(F)(F)F. The summed E-state index contributed by atoms with van der Waals surface area (Å²) in [6.07, 6.45) is -4.89. The lowest BCUT2D eigenvalue weighted by Crippen LogP contribution is -2.41. The van der Waals surface area contributed by atoms with E-state index in [1.54, 1.807) is 30.3 Å². The van der Waals surface area contributed by atoms with E-state index in [1.165, 1.54) is 24.3 Å². The van der Waals surface area contributed by atoms with Crippen LogP contribution in [0.2, 0.25) is 0 Å². The van der Waals surface area contributed by atoms with Gasteiger partial charge in [-0.2, -0.15) is 13.2 Å². The monoisotopic (exact) mass is 354 g/mol. The Morgan fingerprint density at radius 2 is 1.48 bits per heavy atom. The van der Waals surface area contributed by atoms with Crippen LogP contribution >= 0.6 is 15.9 Å². The summed E-state index contributed by atoms with van der Waals surface area (Å²) < 4.78 is 40.4. The molecule has 2 rings (SSSR count). The zero-order chi connectivity index (χ0) is 15.5. The standard InChI is InChI=1S/C16H10BrF3O/c17-14-8-6-12(7-9-14)10-11-15(21,16(18,19)20)13-4-2-1-3-5-13/h1-9,21H. The van der Waals surface area contributed by atoms with E-state index < -0.39 is 11.8 Å². The summed E-state index contributed by atoms with van der Waals surface area (Å²) in [6.45, 7) is 0. The Morgan fingerprint density at radius 1 is 0.905 bits per heavy atom. The normalized spacial score (nSPS) is 14.0. The quantitative estimate of drug-likeness (QED) is 0.759. The number of benzene rings is 2. The second-order valence-electron chi connectivity index (χ2n) is 4.33. The topological polar surface area (TPSA) is 20.2 Å². The molecule has 0 aliphatic rings. The van der Waals surface area contributed by atoms with Crippen LogP contribution in [-0.4, -0.2) is 11.3 Å². The Morgan fingerprint density at radius 3 is 2.00 bits per heavy atom. The summed E-state index contributed by atoms with van der Waals surface area (Å²) in [7, 11) is 0. The number of hydrogen-bond acceptors (Lipinski definition) is 1. The first-order valence-electron chi connectivity index (χ1n) is 5.96. The van der Waals surface area contributed by atoms with Crippen molar-refractivity contribution in [1.29, 1.82) is 0 Å². The highest BCUT2D eigenvalue weighted by Crippen LogP contribution is 2.38. The molecule has 0 aromatic heterocycles. The van der Waals surface area contributed by atoms with Crippen LogP contribution in [-0.2, 0) is 5.60 Å². The van der Waals surface area contributed by atoms with Crippen molar-refractivity contribution in [1.82, 2.24) is 0 Å². The molecule has 1 N–H and O–H groups in total. The third-order valence-electron chi connectivity index (χ3n) is 2.83. The number of alkyl halides is 3. The molecule has 0 fully saturated rings. The first-order chi connectivity index (χ1) is 9.83. The van der Waals surface area contributed by atoms with E-state index in [9.17, 15) is 18.3 Å². The van der Waals surface area contributed by atoms with Gasteiger partial charge in [0.2, 0.25) is 5.60 Å². The van der Waals surface area contributed by atoms with Crippen molar-refractivity contribution in [2.45, 2.75) is 11.8 Å². The smallest absolute Gasteiger partial charge is 0.366 e. The molecule has 1 nitrogen and oxygen atoms in total. The van der Waals surface area contributed by atoms with Gasteiger partial charge in [-0.05, 0) is 30.2 Å². The number of hydrogen-bond donors (Lipinski definition) is 1. The zero-order valence-corrected chi connectivity index (χ0v) is 12.2. The molecule has 2 aromatic carbocycles. The first kappa shape index (κ1) is 15.6. The molecule has 0 aliphatic carbocycles. The summed E-state index contributed by atoms with van der Waals surface area (Å²) in [6, 6.07) is 13.3. The molecule has 0 bridgehead atoms. The van der Waals surface area contributed by atoms with Crippen LogP contribution in [0.25, 0.3) is 0 Å². The molecule has 0 radical (unpaired) electrons. The van der Waals surface area contributed by atoms with Gasteiger partial charge in [0.15, 0.2) is 0 Å². The van der Waals surface area contributed by atoms with Crippen molar-refractivity contribution in [2.75, 3.05) is 0 Å². The van der Waals surface area contributed by atoms with Gasteiger partial charge in [0, 0.05) is 15.6 Å². The van der Waals surface area contributed by atoms with Gasteiger partial charge < -0.3 is 5.11 Å². The van der Waals surface area contributed by atoms with E-state index in [0.29, 0.717) is 5.56 Å². The van der Waals surface area contributed by atoms with Gasteiger partial charge in [-0.3, -0.25) is 0 Å². The lowest BCUT2D eigenvalue weighted by atomic mass is 9.93. The second-order valence-corrected chi connectivity index (χ2v) is 5.25. The molecule has 0 amide bonds. The van der Waals surface area contributed by atoms with Gasteiger partial charge in [0.1, 0.15) is 0 Å². The fourth-order valence-electron chi connectivity index (χ4n) is 1.68. The van der Waals surface area contributed by atoms with E-state index in [1.807, 2.05) is 5.92 Å².